The molecule has 0 saturated heterocycles. The Hall–Kier alpha value is -1.16. The quantitative estimate of drug-likeness (QED) is 0.749. The van der Waals surface area contributed by atoms with Gasteiger partial charge < -0.3 is 5.32 Å². The molecule has 0 aromatic carbocycles. The second kappa shape index (κ2) is 5.54. The van der Waals surface area contributed by atoms with Gasteiger partial charge >= 0.3 is 0 Å². The molecule has 1 aromatic rings. The number of aryl methyl sites for hydroxylation is 1. The first kappa shape index (κ1) is 10.9. The first-order chi connectivity index (χ1) is 6.74. The van der Waals surface area contributed by atoms with Crippen LogP contribution in [0.4, 0.5) is 0 Å². The van der Waals surface area contributed by atoms with Crippen LogP contribution in [0.3, 0.4) is 0 Å². The highest BCUT2D eigenvalue weighted by Gasteiger charge is 1.99. The molecule has 78 valence electrons. The van der Waals surface area contributed by atoms with E-state index in [-0.39, 0.29) is 5.56 Å². The van der Waals surface area contributed by atoms with Gasteiger partial charge in [-0.2, -0.15) is 5.10 Å². The minimum absolute atomic E-state index is 0.0235. The normalized spacial score (nSPS) is 12.7. The molecule has 0 saturated carbocycles. The third-order valence-corrected chi connectivity index (χ3v) is 2.29. The zero-order valence-electron chi connectivity index (χ0n) is 8.73. The minimum atomic E-state index is -0.0235. The fourth-order valence-electron chi connectivity index (χ4n) is 1.25. The van der Waals surface area contributed by atoms with Crippen molar-refractivity contribution in [3.05, 3.63) is 28.7 Å². The molecule has 1 atom stereocenters. The lowest BCUT2D eigenvalue weighted by Gasteiger charge is -2.09. The fourth-order valence-corrected chi connectivity index (χ4v) is 1.25. The second-order valence-electron chi connectivity index (χ2n) is 3.42. The van der Waals surface area contributed by atoms with Crippen LogP contribution >= 0.6 is 0 Å². The summed E-state index contributed by atoms with van der Waals surface area (Å²) in [6, 6.07) is 3.69. The number of rotatable bonds is 5. The van der Waals surface area contributed by atoms with Gasteiger partial charge in [-0.05, 0) is 32.9 Å². The third-order valence-electron chi connectivity index (χ3n) is 2.29. The Morgan fingerprint density at radius 2 is 2.43 bits per heavy atom. The van der Waals surface area contributed by atoms with Crippen LogP contribution in [0.2, 0.25) is 0 Å². The van der Waals surface area contributed by atoms with E-state index in [1.54, 1.807) is 12.3 Å². The lowest BCUT2D eigenvalue weighted by molar-refractivity contribution is 0.476. The molecule has 1 aromatic heterocycles. The topological polar surface area (TPSA) is 46.9 Å². The summed E-state index contributed by atoms with van der Waals surface area (Å²) in [5.74, 6) is 0. The van der Waals surface area contributed by atoms with Crippen molar-refractivity contribution in [1.82, 2.24) is 15.1 Å². The van der Waals surface area contributed by atoms with Crippen molar-refractivity contribution in [3.63, 3.8) is 0 Å². The molecule has 4 heteroatoms. The van der Waals surface area contributed by atoms with Crippen molar-refractivity contribution in [1.29, 1.82) is 0 Å². The first-order valence-corrected chi connectivity index (χ1v) is 4.93. The Bertz CT molecular complexity index is 321. The van der Waals surface area contributed by atoms with Gasteiger partial charge in [0.2, 0.25) is 0 Å². The number of aromatic nitrogens is 2. The zero-order valence-corrected chi connectivity index (χ0v) is 8.73. The molecule has 1 rings (SSSR count). The van der Waals surface area contributed by atoms with Crippen molar-refractivity contribution in [3.8, 4) is 0 Å². The van der Waals surface area contributed by atoms with Crippen LogP contribution in [-0.2, 0) is 6.54 Å². The van der Waals surface area contributed by atoms with Gasteiger partial charge in [0, 0.05) is 24.8 Å². The van der Waals surface area contributed by atoms with Crippen molar-refractivity contribution in [2.45, 2.75) is 32.4 Å². The van der Waals surface area contributed by atoms with E-state index < -0.39 is 0 Å². The maximum Gasteiger partial charge on any atom is 0.266 e. The summed E-state index contributed by atoms with van der Waals surface area (Å²) in [7, 11) is 1.94. The summed E-state index contributed by atoms with van der Waals surface area (Å²) < 4.78 is 1.50. The molecule has 1 N–H and O–H groups in total. The Morgan fingerprint density at radius 3 is 3.07 bits per heavy atom. The van der Waals surface area contributed by atoms with Gasteiger partial charge in [0.25, 0.3) is 5.56 Å². The molecule has 0 aliphatic rings. The maximum atomic E-state index is 11.2. The van der Waals surface area contributed by atoms with Gasteiger partial charge in [0.1, 0.15) is 0 Å². The smallest absolute Gasteiger partial charge is 0.266 e. The highest BCUT2D eigenvalue weighted by molar-refractivity contribution is 4.84. The van der Waals surface area contributed by atoms with Crippen LogP contribution in [0.1, 0.15) is 19.8 Å². The summed E-state index contributed by atoms with van der Waals surface area (Å²) in [5.41, 5.74) is -0.0235. The summed E-state index contributed by atoms with van der Waals surface area (Å²) in [4.78, 5) is 11.2. The van der Waals surface area contributed by atoms with Crippen LogP contribution in [-0.4, -0.2) is 22.9 Å². The molecule has 0 bridgehead atoms. The summed E-state index contributed by atoms with van der Waals surface area (Å²) in [6.45, 7) is 2.83. The number of nitrogens with one attached hydrogen (secondary N) is 1. The van der Waals surface area contributed by atoms with E-state index in [2.05, 4.69) is 17.3 Å². The molecule has 0 aliphatic carbocycles. The van der Waals surface area contributed by atoms with Crippen molar-refractivity contribution < 1.29 is 0 Å². The van der Waals surface area contributed by atoms with Crippen molar-refractivity contribution in [2.75, 3.05) is 7.05 Å². The lowest BCUT2D eigenvalue weighted by atomic mass is 10.2. The largest absolute Gasteiger partial charge is 0.317 e. The Balaban J connectivity index is 2.39. The minimum Gasteiger partial charge on any atom is -0.317 e. The predicted octanol–water partition coefficient (Wildman–Crippen LogP) is 0.631. The van der Waals surface area contributed by atoms with Gasteiger partial charge in [-0.3, -0.25) is 4.79 Å². The standard InChI is InChI=1S/C10H17N3O/c1-9(11-2)5-4-8-13-10(14)6-3-7-12-13/h3,6-7,9,11H,4-5,8H2,1-2H3. The van der Waals surface area contributed by atoms with Crippen LogP contribution < -0.4 is 10.9 Å². The van der Waals surface area contributed by atoms with Gasteiger partial charge in [-0.1, -0.05) is 0 Å². The molecule has 14 heavy (non-hydrogen) atoms. The SMILES string of the molecule is CNC(C)CCCn1ncccc1=O. The molecule has 0 aliphatic heterocycles. The summed E-state index contributed by atoms with van der Waals surface area (Å²) >= 11 is 0. The Kier molecular flexibility index (Phi) is 4.32. The van der Waals surface area contributed by atoms with E-state index in [0.717, 1.165) is 12.8 Å². The van der Waals surface area contributed by atoms with E-state index in [1.165, 1.54) is 10.7 Å². The van der Waals surface area contributed by atoms with Gasteiger partial charge in [-0.25, -0.2) is 4.68 Å². The first-order valence-electron chi connectivity index (χ1n) is 4.93. The maximum absolute atomic E-state index is 11.2. The Labute approximate surface area is 84.0 Å². The molecular weight excluding hydrogens is 178 g/mol. The van der Waals surface area contributed by atoms with Gasteiger partial charge in [0.05, 0.1) is 0 Å². The van der Waals surface area contributed by atoms with E-state index in [1.807, 2.05) is 7.05 Å². The lowest BCUT2D eigenvalue weighted by Crippen LogP contribution is -2.24. The molecule has 0 spiro atoms. The van der Waals surface area contributed by atoms with E-state index in [0.29, 0.717) is 12.6 Å². The van der Waals surface area contributed by atoms with Crippen LogP contribution in [0.5, 0.6) is 0 Å². The van der Waals surface area contributed by atoms with Gasteiger partial charge in [0.15, 0.2) is 0 Å². The van der Waals surface area contributed by atoms with Crippen LogP contribution in [0, 0.1) is 0 Å². The molecular formula is C10H17N3O. The van der Waals surface area contributed by atoms with E-state index in [4.69, 9.17) is 0 Å². The molecule has 0 fully saturated rings. The van der Waals surface area contributed by atoms with E-state index >= 15 is 0 Å². The predicted molar refractivity (Wildman–Crippen MR) is 56.3 cm³/mol. The molecule has 0 radical (unpaired) electrons. The van der Waals surface area contributed by atoms with Gasteiger partial charge in [-0.15, -0.1) is 0 Å². The average molecular weight is 195 g/mol. The number of nitrogens with zero attached hydrogens (tertiary/aromatic N) is 2. The van der Waals surface area contributed by atoms with E-state index in [9.17, 15) is 4.79 Å². The molecule has 0 amide bonds. The Morgan fingerprint density at radius 1 is 1.64 bits per heavy atom. The number of hydrogen-bond donors (Lipinski definition) is 1. The fraction of sp³-hybridized carbons (Fsp3) is 0.600. The van der Waals surface area contributed by atoms with Crippen LogP contribution in [0.25, 0.3) is 0 Å². The van der Waals surface area contributed by atoms with Crippen LogP contribution in [0.15, 0.2) is 23.1 Å². The highest BCUT2D eigenvalue weighted by atomic mass is 16.1. The number of hydrogen-bond acceptors (Lipinski definition) is 3. The average Bonchev–Trinajstić information content (AvgIpc) is 2.20. The van der Waals surface area contributed by atoms with Crippen molar-refractivity contribution in [2.24, 2.45) is 0 Å². The van der Waals surface area contributed by atoms with Crippen molar-refractivity contribution >= 4 is 0 Å². The molecule has 4 nitrogen and oxygen atoms in total. The molecule has 1 heterocycles. The third kappa shape index (κ3) is 3.30. The monoisotopic (exact) mass is 195 g/mol. The second-order valence-corrected chi connectivity index (χ2v) is 3.42. The highest BCUT2D eigenvalue weighted by Crippen LogP contribution is 1.96. The summed E-state index contributed by atoms with van der Waals surface area (Å²) in [6.07, 6.45) is 3.67. The summed E-state index contributed by atoms with van der Waals surface area (Å²) in [5, 5.41) is 7.14. The zero-order chi connectivity index (χ0) is 10.4. The molecule has 1 unspecified atom stereocenters.